The fourth-order valence-electron chi connectivity index (χ4n) is 3.36. The SMILES string of the molecule is CS(=O)(=O)N1CCN(c2cc(-c3ccccc3-c3ccccc3)on2)CC1. The maximum Gasteiger partial charge on any atom is 0.211 e. The minimum Gasteiger partial charge on any atom is -0.354 e. The number of rotatable bonds is 4. The molecule has 0 bridgehead atoms. The second kappa shape index (κ2) is 7.17. The molecule has 7 heteroatoms. The fourth-order valence-corrected chi connectivity index (χ4v) is 4.18. The summed E-state index contributed by atoms with van der Waals surface area (Å²) in [6.45, 7) is 2.11. The third kappa shape index (κ3) is 3.74. The van der Waals surface area contributed by atoms with Gasteiger partial charge in [0.25, 0.3) is 0 Å². The van der Waals surface area contributed by atoms with Crippen LogP contribution in [0.15, 0.2) is 65.2 Å². The summed E-state index contributed by atoms with van der Waals surface area (Å²) >= 11 is 0. The molecule has 4 rings (SSSR count). The number of sulfonamides is 1. The van der Waals surface area contributed by atoms with E-state index in [1.54, 1.807) is 0 Å². The quantitative estimate of drug-likeness (QED) is 0.693. The van der Waals surface area contributed by atoms with Crippen LogP contribution in [-0.2, 0) is 10.0 Å². The van der Waals surface area contributed by atoms with Crippen molar-refractivity contribution in [2.45, 2.75) is 0 Å². The highest BCUT2D eigenvalue weighted by molar-refractivity contribution is 7.88. The highest BCUT2D eigenvalue weighted by Crippen LogP contribution is 2.33. The fraction of sp³-hybridized carbons (Fsp3) is 0.250. The van der Waals surface area contributed by atoms with Gasteiger partial charge in [-0.25, -0.2) is 8.42 Å². The van der Waals surface area contributed by atoms with Crippen molar-refractivity contribution in [2.75, 3.05) is 37.3 Å². The van der Waals surface area contributed by atoms with Gasteiger partial charge in [-0.1, -0.05) is 59.8 Å². The van der Waals surface area contributed by atoms with Crippen LogP contribution < -0.4 is 4.90 Å². The standard InChI is InChI=1S/C20H21N3O3S/c1-27(24,25)23-13-11-22(12-14-23)20-15-19(26-21-20)18-10-6-5-9-17(18)16-7-3-2-4-8-16/h2-10,15H,11-14H2,1H3. The van der Waals surface area contributed by atoms with E-state index in [2.05, 4.69) is 28.3 Å². The molecule has 2 heterocycles. The Morgan fingerprint density at radius 3 is 2.19 bits per heavy atom. The molecule has 0 N–H and O–H groups in total. The number of aromatic nitrogens is 1. The minimum absolute atomic E-state index is 0.460. The van der Waals surface area contributed by atoms with Crippen molar-refractivity contribution in [2.24, 2.45) is 0 Å². The molecule has 1 aliphatic heterocycles. The first-order valence-electron chi connectivity index (χ1n) is 8.84. The summed E-state index contributed by atoms with van der Waals surface area (Å²) < 4.78 is 30.5. The smallest absolute Gasteiger partial charge is 0.211 e. The second-order valence-corrected chi connectivity index (χ2v) is 8.59. The molecule has 1 saturated heterocycles. The van der Waals surface area contributed by atoms with E-state index in [1.807, 2.05) is 42.5 Å². The van der Waals surface area contributed by atoms with E-state index in [-0.39, 0.29) is 0 Å². The van der Waals surface area contributed by atoms with Crippen molar-refractivity contribution in [3.05, 3.63) is 60.7 Å². The van der Waals surface area contributed by atoms with Gasteiger partial charge in [-0.2, -0.15) is 4.31 Å². The molecule has 1 aliphatic rings. The maximum atomic E-state index is 11.7. The van der Waals surface area contributed by atoms with Crippen LogP contribution in [0.2, 0.25) is 0 Å². The van der Waals surface area contributed by atoms with Gasteiger partial charge in [0.2, 0.25) is 10.0 Å². The highest BCUT2D eigenvalue weighted by atomic mass is 32.2. The topological polar surface area (TPSA) is 66.7 Å². The molecule has 0 unspecified atom stereocenters. The molecule has 0 spiro atoms. The third-order valence-corrected chi connectivity index (χ3v) is 6.11. The molecule has 6 nitrogen and oxygen atoms in total. The summed E-state index contributed by atoms with van der Waals surface area (Å²) in [5.41, 5.74) is 3.19. The molecule has 0 saturated carbocycles. The van der Waals surface area contributed by atoms with Gasteiger partial charge in [0.15, 0.2) is 11.6 Å². The molecular weight excluding hydrogens is 362 g/mol. The van der Waals surface area contributed by atoms with Gasteiger partial charge in [-0.3, -0.25) is 0 Å². The van der Waals surface area contributed by atoms with Gasteiger partial charge in [0.1, 0.15) is 0 Å². The average molecular weight is 383 g/mol. The van der Waals surface area contributed by atoms with Crippen LogP contribution in [0.4, 0.5) is 5.82 Å². The third-order valence-electron chi connectivity index (χ3n) is 4.81. The Hall–Kier alpha value is -2.64. The lowest BCUT2D eigenvalue weighted by molar-refractivity contribution is 0.380. The van der Waals surface area contributed by atoms with E-state index in [4.69, 9.17) is 4.52 Å². The van der Waals surface area contributed by atoms with Crippen molar-refractivity contribution in [3.63, 3.8) is 0 Å². The largest absolute Gasteiger partial charge is 0.354 e. The molecule has 0 radical (unpaired) electrons. The number of anilines is 1. The van der Waals surface area contributed by atoms with Crippen molar-refractivity contribution >= 4 is 15.8 Å². The summed E-state index contributed by atoms with van der Waals surface area (Å²) in [5.74, 6) is 1.44. The summed E-state index contributed by atoms with van der Waals surface area (Å²) in [7, 11) is -3.14. The van der Waals surface area contributed by atoms with Crippen LogP contribution in [0.5, 0.6) is 0 Å². The van der Waals surface area contributed by atoms with E-state index >= 15 is 0 Å². The molecule has 27 heavy (non-hydrogen) atoms. The Morgan fingerprint density at radius 2 is 1.52 bits per heavy atom. The van der Waals surface area contributed by atoms with Crippen LogP contribution in [0.25, 0.3) is 22.5 Å². The van der Waals surface area contributed by atoms with Gasteiger partial charge in [0.05, 0.1) is 6.26 Å². The molecule has 1 aromatic heterocycles. The van der Waals surface area contributed by atoms with E-state index in [0.29, 0.717) is 31.9 Å². The highest BCUT2D eigenvalue weighted by Gasteiger charge is 2.25. The zero-order valence-corrected chi connectivity index (χ0v) is 15.9. The molecule has 3 aromatic rings. The van der Waals surface area contributed by atoms with Gasteiger partial charge in [0, 0.05) is 37.8 Å². The van der Waals surface area contributed by atoms with Crippen LogP contribution in [0, 0.1) is 0 Å². The van der Waals surface area contributed by atoms with Gasteiger partial charge in [-0.05, 0) is 11.1 Å². The maximum absolute atomic E-state index is 11.7. The first-order chi connectivity index (χ1) is 13.0. The van der Waals surface area contributed by atoms with Crippen molar-refractivity contribution < 1.29 is 12.9 Å². The zero-order chi connectivity index (χ0) is 18.9. The van der Waals surface area contributed by atoms with Crippen LogP contribution in [-0.4, -0.2) is 50.3 Å². The molecule has 0 aliphatic carbocycles. The second-order valence-electron chi connectivity index (χ2n) is 6.61. The van der Waals surface area contributed by atoms with Crippen molar-refractivity contribution in [3.8, 4) is 22.5 Å². The molecule has 140 valence electrons. The predicted octanol–water partition coefficient (Wildman–Crippen LogP) is 3.09. The molecule has 2 aromatic carbocycles. The Labute approximate surface area is 159 Å². The van der Waals surface area contributed by atoms with Gasteiger partial charge >= 0.3 is 0 Å². The van der Waals surface area contributed by atoms with Crippen molar-refractivity contribution in [1.82, 2.24) is 9.46 Å². The average Bonchev–Trinajstić information content (AvgIpc) is 3.18. The lowest BCUT2D eigenvalue weighted by Gasteiger charge is -2.32. The molecule has 0 amide bonds. The van der Waals surface area contributed by atoms with E-state index in [1.165, 1.54) is 10.6 Å². The molecule has 0 atom stereocenters. The van der Waals surface area contributed by atoms with E-state index in [0.717, 1.165) is 22.5 Å². The first-order valence-corrected chi connectivity index (χ1v) is 10.7. The summed E-state index contributed by atoms with van der Waals surface area (Å²) in [6, 6.07) is 20.2. The van der Waals surface area contributed by atoms with Crippen molar-refractivity contribution in [1.29, 1.82) is 0 Å². The van der Waals surface area contributed by atoms with Crippen LogP contribution in [0.1, 0.15) is 0 Å². The van der Waals surface area contributed by atoms with E-state index in [9.17, 15) is 8.42 Å². The lowest BCUT2D eigenvalue weighted by atomic mass is 9.98. The lowest BCUT2D eigenvalue weighted by Crippen LogP contribution is -2.48. The monoisotopic (exact) mass is 383 g/mol. The number of hydrogen-bond donors (Lipinski definition) is 0. The van der Waals surface area contributed by atoms with Crippen LogP contribution >= 0.6 is 0 Å². The number of hydrogen-bond acceptors (Lipinski definition) is 5. The molecule has 1 fully saturated rings. The van der Waals surface area contributed by atoms with Gasteiger partial charge in [-0.15, -0.1) is 0 Å². The summed E-state index contributed by atoms with van der Waals surface area (Å²) in [5, 5.41) is 4.22. The van der Waals surface area contributed by atoms with E-state index < -0.39 is 10.0 Å². The Balaban J connectivity index is 1.58. The molecular formula is C20H21N3O3S. The normalized spacial score (nSPS) is 15.8. The Morgan fingerprint density at radius 1 is 0.889 bits per heavy atom. The summed E-state index contributed by atoms with van der Waals surface area (Å²) in [4.78, 5) is 2.06. The Kier molecular flexibility index (Phi) is 4.72. The van der Waals surface area contributed by atoms with Gasteiger partial charge < -0.3 is 9.42 Å². The summed E-state index contributed by atoms with van der Waals surface area (Å²) in [6.07, 6.45) is 1.25. The first kappa shape index (κ1) is 17.8. The minimum atomic E-state index is -3.14. The predicted molar refractivity (Wildman–Crippen MR) is 106 cm³/mol. The Bertz CT molecular complexity index is 1020. The number of piperazine rings is 1. The van der Waals surface area contributed by atoms with Crippen LogP contribution in [0.3, 0.4) is 0 Å². The number of nitrogens with zero attached hydrogens (tertiary/aromatic N) is 3. The number of benzene rings is 2. The zero-order valence-electron chi connectivity index (χ0n) is 15.1.